The van der Waals surface area contributed by atoms with Gasteiger partial charge in [0, 0.05) is 6.92 Å². The minimum atomic E-state index is -0.639. The molecule has 0 unspecified atom stereocenters. The Bertz CT molecular complexity index is 262. The molecule has 0 saturated heterocycles. The Morgan fingerprint density at radius 1 is 1.19 bits per heavy atom. The van der Waals surface area contributed by atoms with E-state index in [0.717, 1.165) is 6.42 Å². The van der Waals surface area contributed by atoms with Gasteiger partial charge in [-0.3, -0.25) is 4.79 Å². The zero-order valence-corrected chi connectivity index (χ0v) is 9.82. The van der Waals surface area contributed by atoms with Gasteiger partial charge in [0.1, 0.15) is 13.2 Å². The summed E-state index contributed by atoms with van der Waals surface area (Å²) >= 11 is 0. The highest BCUT2D eigenvalue weighted by Crippen LogP contribution is 1.91. The molecule has 0 radical (unpaired) electrons. The number of hydrogen-bond acceptors (Lipinski definition) is 6. The topological polar surface area (TPSA) is 74.2 Å². The lowest BCUT2D eigenvalue weighted by Gasteiger charge is -2.05. The van der Waals surface area contributed by atoms with Crippen LogP contribution in [0.2, 0.25) is 0 Å². The summed E-state index contributed by atoms with van der Waals surface area (Å²) < 4.78 is 9.38. The lowest BCUT2D eigenvalue weighted by atomic mass is 10.4. The number of nitrogens with zero attached hydrogens (tertiary/aromatic N) is 1. The van der Waals surface area contributed by atoms with Crippen molar-refractivity contribution in [2.24, 2.45) is 5.16 Å². The molecule has 6 heteroatoms. The minimum absolute atomic E-state index is 0.0505. The van der Waals surface area contributed by atoms with Crippen LogP contribution in [-0.2, 0) is 23.9 Å². The molecule has 0 aromatic carbocycles. The van der Waals surface area contributed by atoms with Crippen LogP contribution in [0, 0.1) is 0 Å². The van der Waals surface area contributed by atoms with Crippen molar-refractivity contribution in [2.75, 3.05) is 19.8 Å². The fourth-order valence-corrected chi connectivity index (χ4v) is 0.722. The molecule has 0 atom stereocenters. The molecular weight excluding hydrogens is 214 g/mol. The van der Waals surface area contributed by atoms with Gasteiger partial charge in [0.05, 0.1) is 6.61 Å². The highest BCUT2D eigenvalue weighted by molar-refractivity contribution is 6.37. The summed E-state index contributed by atoms with van der Waals surface area (Å²) in [5.41, 5.74) is -0.0505. The van der Waals surface area contributed by atoms with Crippen LogP contribution in [0.3, 0.4) is 0 Å². The average Bonchev–Trinajstić information content (AvgIpc) is 2.23. The molecule has 6 nitrogen and oxygen atoms in total. The maximum absolute atomic E-state index is 11.3. The Morgan fingerprint density at radius 2 is 1.88 bits per heavy atom. The predicted molar refractivity (Wildman–Crippen MR) is 56.9 cm³/mol. The summed E-state index contributed by atoms with van der Waals surface area (Å²) in [7, 11) is 0. The third-order valence-corrected chi connectivity index (χ3v) is 1.39. The molecule has 0 N–H and O–H groups in total. The number of carbonyl (C=O) groups excluding carboxylic acids is 2. The van der Waals surface area contributed by atoms with Crippen LogP contribution in [0.1, 0.15) is 27.2 Å². The van der Waals surface area contributed by atoms with E-state index in [2.05, 4.69) is 9.89 Å². The number of ether oxygens (including phenoxy) is 2. The van der Waals surface area contributed by atoms with Gasteiger partial charge in [-0.05, 0) is 13.3 Å². The summed E-state index contributed by atoms with van der Waals surface area (Å²) in [5, 5.41) is 3.57. The van der Waals surface area contributed by atoms with Gasteiger partial charge in [0.2, 0.25) is 5.71 Å². The molecule has 0 aliphatic heterocycles. The maximum Gasteiger partial charge on any atom is 0.359 e. The Hall–Kier alpha value is -1.59. The number of rotatable bonds is 7. The van der Waals surface area contributed by atoms with Crippen molar-refractivity contribution in [3.05, 3.63) is 0 Å². The normalized spacial score (nSPS) is 10.8. The predicted octanol–water partition coefficient (Wildman–Crippen LogP) is 0.895. The lowest BCUT2D eigenvalue weighted by Crippen LogP contribution is -2.24. The van der Waals surface area contributed by atoms with E-state index in [4.69, 9.17) is 9.57 Å². The molecule has 0 bridgehead atoms. The molecule has 0 amide bonds. The zero-order chi connectivity index (χ0) is 12.4. The van der Waals surface area contributed by atoms with Crippen LogP contribution in [-0.4, -0.2) is 37.5 Å². The van der Waals surface area contributed by atoms with Gasteiger partial charge in [0.25, 0.3) is 0 Å². The van der Waals surface area contributed by atoms with E-state index in [1.54, 1.807) is 6.92 Å². The van der Waals surface area contributed by atoms with Gasteiger partial charge in [0.15, 0.2) is 0 Å². The summed E-state index contributed by atoms with van der Waals surface area (Å²) in [4.78, 5) is 26.8. The summed E-state index contributed by atoms with van der Waals surface area (Å²) in [6, 6.07) is 0. The summed E-state index contributed by atoms with van der Waals surface area (Å²) in [6.45, 7) is 5.21. The van der Waals surface area contributed by atoms with Gasteiger partial charge in [-0.25, -0.2) is 4.79 Å². The second-order valence-electron chi connectivity index (χ2n) is 2.87. The summed E-state index contributed by atoms with van der Waals surface area (Å²) in [5.74, 6) is -1.13. The van der Waals surface area contributed by atoms with E-state index in [1.807, 2.05) is 6.92 Å². The van der Waals surface area contributed by atoms with Gasteiger partial charge >= 0.3 is 11.9 Å². The second-order valence-corrected chi connectivity index (χ2v) is 2.87. The maximum atomic E-state index is 11.3. The first-order valence-corrected chi connectivity index (χ1v) is 5.11. The third kappa shape index (κ3) is 6.80. The Morgan fingerprint density at radius 3 is 2.38 bits per heavy atom. The molecule has 0 spiro atoms. The van der Waals surface area contributed by atoms with E-state index in [0.29, 0.717) is 6.61 Å². The van der Waals surface area contributed by atoms with Crippen molar-refractivity contribution in [3.8, 4) is 0 Å². The van der Waals surface area contributed by atoms with E-state index in [1.165, 1.54) is 6.92 Å². The molecule has 0 fully saturated rings. The van der Waals surface area contributed by atoms with Crippen LogP contribution in [0.5, 0.6) is 0 Å². The first kappa shape index (κ1) is 14.4. The largest absolute Gasteiger partial charge is 0.461 e. The molecule has 92 valence electrons. The molecule has 0 aromatic rings. The second kappa shape index (κ2) is 8.70. The Labute approximate surface area is 94.5 Å². The molecule has 0 saturated carbocycles. The standard InChI is InChI=1S/C10H17NO5/c1-4-6-16-11-9(7-15-8(3)12)10(13)14-5-2/h4-7H2,1-3H3. The number of carbonyl (C=O) groups is 2. The van der Waals surface area contributed by atoms with Crippen molar-refractivity contribution < 1.29 is 23.9 Å². The number of hydrogen-bond donors (Lipinski definition) is 0. The monoisotopic (exact) mass is 231 g/mol. The van der Waals surface area contributed by atoms with E-state index >= 15 is 0 Å². The van der Waals surface area contributed by atoms with Crippen molar-refractivity contribution in [3.63, 3.8) is 0 Å². The molecule has 0 rings (SSSR count). The third-order valence-electron chi connectivity index (χ3n) is 1.39. The van der Waals surface area contributed by atoms with Gasteiger partial charge in [-0.2, -0.15) is 0 Å². The van der Waals surface area contributed by atoms with Crippen LogP contribution < -0.4 is 0 Å². The lowest BCUT2D eigenvalue weighted by molar-refractivity contribution is -0.140. The first-order valence-electron chi connectivity index (χ1n) is 5.11. The zero-order valence-electron chi connectivity index (χ0n) is 9.82. The van der Waals surface area contributed by atoms with Crippen molar-refractivity contribution in [2.45, 2.75) is 27.2 Å². The number of oxime groups is 1. The van der Waals surface area contributed by atoms with Crippen LogP contribution in [0.15, 0.2) is 5.16 Å². The van der Waals surface area contributed by atoms with Gasteiger partial charge in [-0.1, -0.05) is 12.1 Å². The fraction of sp³-hybridized carbons (Fsp3) is 0.700. The Kier molecular flexibility index (Phi) is 7.83. The van der Waals surface area contributed by atoms with Crippen molar-refractivity contribution >= 4 is 17.7 Å². The SMILES string of the molecule is CCCON=C(COC(C)=O)C(=O)OCC. The first-order chi connectivity index (χ1) is 7.61. The van der Waals surface area contributed by atoms with Gasteiger partial charge < -0.3 is 14.3 Å². The van der Waals surface area contributed by atoms with Crippen molar-refractivity contribution in [1.82, 2.24) is 0 Å². The minimum Gasteiger partial charge on any atom is -0.461 e. The molecular formula is C10H17NO5. The smallest absolute Gasteiger partial charge is 0.359 e. The Balaban J connectivity index is 4.30. The van der Waals surface area contributed by atoms with Crippen LogP contribution in [0.4, 0.5) is 0 Å². The van der Waals surface area contributed by atoms with Gasteiger partial charge in [-0.15, -0.1) is 0 Å². The summed E-state index contributed by atoms with van der Waals surface area (Å²) in [6.07, 6.45) is 0.771. The molecule has 0 aliphatic rings. The average molecular weight is 231 g/mol. The number of esters is 2. The van der Waals surface area contributed by atoms with E-state index in [9.17, 15) is 9.59 Å². The van der Waals surface area contributed by atoms with Crippen LogP contribution in [0.25, 0.3) is 0 Å². The highest BCUT2D eigenvalue weighted by Gasteiger charge is 2.15. The molecule has 0 aliphatic carbocycles. The molecule has 0 heterocycles. The quantitative estimate of drug-likeness (QED) is 0.281. The van der Waals surface area contributed by atoms with E-state index < -0.39 is 11.9 Å². The highest BCUT2D eigenvalue weighted by atomic mass is 16.6. The van der Waals surface area contributed by atoms with Crippen molar-refractivity contribution in [1.29, 1.82) is 0 Å². The fourth-order valence-electron chi connectivity index (χ4n) is 0.722. The van der Waals surface area contributed by atoms with E-state index in [-0.39, 0.29) is 18.9 Å². The molecule has 16 heavy (non-hydrogen) atoms. The molecule has 0 aromatic heterocycles. The van der Waals surface area contributed by atoms with Crippen LogP contribution >= 0.6 is 0 Å².